The lowest BCUT2D eigenvalue weighted by Gasteiger charge is -2.01. The molecule has 0 spiro atoms. The molecule has 0 heterocycles. The maximum atomic E-state index is 8.13. The summed E-state index contributed by atoms with van der Waals surface area (Å²) in [6, 6.07) is 18.5. The average Bonchev–Trinajstić information content (AvgIpc) is 2.46. The van der Waals surface area contributed by atoms with Gasteiger partial charge in [0.25, 0.3) is 0 Å². The molecule has 0 amide bonds. The first-order chi connectivity index (χ1) is 9.38. The molecular formula is C16H13N3. The van der Waals surface area contributed by atoms with Crippen LogP contribution in [0.25, 0.3) is 10.4 Å². The third kappa shape index (κ3) is 4.23. The monoisotopic (exact) mass is 247 g/mol. The van der Waals surface area contributed by atoms with E-state index < -0.39 is 0 Å². The standard InChI is InChI=1S/C16H13N3/c17-19-18-12-4-7-14-8-10-16(11-9-14)13-15-5-2-1-3-6-15/h1-3,5-6,8-11H,12-13H2. The van der Waals surface area contributed by atoms with Crippen molar-refractivity contribution in [3.63, 3.8) is 0 Å². The van der Waals surface area contributed by atoms with E-state index in [0.717, 1.165) is 12.0 Å². The molecule has 92 valence electrons. The summed E-state index contributed by atoms with van der Waals surface area (Å²) in [6.45, 7) is 0.211. The number of hydrogen-bond donors (Lipinski definition) is 0. The van der Waals surface area contributed by atoms with Crippen LogP contribution in [0.3, 0.4) is 0 Å². The van der Waals surface area contributed by atoms with E-state index in [2.05, 4.69) is 46.1 Å². The maximum absolute atomic E-state index is 8.13. The van der Waals surface area contributed by atoms with Crippen molar-refractivity contribution in [2.24, 2.45) is 5.11 Å². The number of nitrogens with zero attached hydrogens (tertiary/aromatic N) is 3. The molecule has 0 aliphatic heterocycles. The zero-order valence-corrected chi connectivity index (χ0v) is 10.5. The maximum Gasteiger partial charge on any atom is 0.0880 e. The predicted molar refractivity (Wildman–Crippen MR) is 76.6 cm³/mol. The molecule has 0 unspecified atom stereocenters. The van der Waals surface area contributed by atoms with Crippen molar-refractivity contribution >= 4 is 0 Å². The molecule has 2 rings (SSSR count). The largest absolute Gasteiger partial charge is 0.0919 e. The molecule has 2 aromatic rings. The number of benzene rings is 2. The van der Waals surface area contributed by atoms with E-state index in [4.69, 9.17) is 5.53 Å². The van der Waals surface area contributed by atoms with Crippen LogP contribution >= 0.6 is 0 Å². The van der Waals surface area contributed by atoms with E-state index >= 15 is 0 Å². The summed E-state index contributed by atoms with van der Waals surface area (Å²) < 4.78 is 0. The van der Waals surface area contributed by atoms with Crippen LogP contribution < -0.4 is 0 Å². The second-order valence-corrected chi connectivity index (χ2v) is 4.05. The Labute approximate surface area is 112 Å². The van der Waals surface area contributed by atoms with E-state index in [0.29, 0.717) is 0 Å². The Balaban J connectivity index is 2.02. The minimum Gasteiger partial charge on any atom is -0.0919 e. The Morgan fingerprint density at radius 3 is 2.32 bits per heavy atom. The summed E-state index contributed by atoms with van der Waals surface area (Å²) in [5, 5.41) is 3.37. The van der Waals surface area contributed by atoms with Gasteiger partial charge in [-0.3, -0.25) is 0 Å². The van der Waals surface area contributed by atoms with Crippen molar-refractivity contribution in [2.75, 3.05) is 6.54 Å². The van der Waals surface area contributed by atoms with Crippen LogP contribution in [0.5, 0.6) is 0 Å². The summed E-state index contributed by atoms with van der Waals surface area (Å²) >= 11 is 0. The SMILES string of the molecule is [N-]=[N+]=NCC#Cc1ccc(Cc2ccccc2)cc1. The van der Waals surface area contributed by atoms with Gasteiger partial charge >= 0.3 is 0 Å². The molecule has 0 radical (unpaired) electrons. The van der Waals surface area contributed by atoms with Crippen molar-refractivity contribution in [3.8, 4) is 11.8 Å². The van der Waals surface area contributed by atoms with E-state index in [1.54, 1.807) is 0 Å². The quantitative estimate of drug-likeness (QED) is 0.341. The summed E-state index contributed by atoms with van der Waals surface area (Å²) in [7, 11) is 0. The zero-order chi connectivity index (χ0) is 13.3. The van der Waals surface area contributed by atoms with Gasteiger partial charge in [-0.15, -0.1) is 0 Å². The van der Waals surface area contributed by atoms with E-state index in [9.17, 15) is 0 Å². The molecule has 0 atom stereocenters. The summed E-state index contributed by atoms with van der Waals surface area (Å²) in [5.41, 5.74) is 11.6. The van der Waals surface area contributed by atoms with Gasteiger partial charge < -0.3 is 0 Å². The molecular weight excluding hydrogens is 234 g/mol. The van der Waals surface area contributed by atoms with Crippen LogP contribution in [0.4, 0.5) is 0 Å². The van der Waals surface area contributed by atoms with Gasteiger partial charge in [-0.2, -0.15) is 0 Å². The van der Waals surface area contributed by atoms with E-state index in [-0.39, 0.29) is 6.54 Å². The molecule has 0 aromatic heterocycles. The topological polar surface area (TPSA) is 48.8 Å². The van der Waals surface area contributed by atoms with Gasteiger partial charge in [-0.1, -0.05) is 59.4 Å². The first-order valence-electron chi connectivity index (χ1n) is 6.01. The predicted octanol–water partition coefficient (Wildman–Crippen LogP) is 3.94. The molecule has 0 N–H and O–H groups in total. The Morgan fingerprint density at radius 1 is 0.947 bits per heavy atom. The lowest BCUT2D eigenvalue weighted by molar-refractivity contribution is 1.19. The van der Waals surface area contributed by atoms with Gasteiger partial charge in [0.1, 0.15) is 0 Å². The number of hydrogen-bond acceptors (Lipinski definition) is 1. The molecule has 19 heavy (non-hydrogen) atoms. The van der Waals surface area contributed by atoms with Crippen molar-refractivity contribution < 1.29 is 0 Å². The first kappa shape index (κ1) is 12.8. The molecule has 0 aliphatic carbocycles. The summed E-state index contributed by atoms with van der Waals surface area (Å²) in [6.07, 6.45) is 0.924. The second-order valence-electron chi connectivity index (χ2n) is 4.05. The minimum absolute atomic E-state index is 0.211. The van der Waals surface area contributed by atoms with Gasteiger partial charge in [-0.25, -0.2) is 0 Å². The highest BCUT2D eigenvalue weighted by molar-refractivity contribution is 5.37. The smallest absolute Gasteiger partial charge is 0.0880 e. The van der Waals surface area contributed by atoms with Crippen LogP contribution in [0.1, 0.15) is 16.7 Å². The lowest BCUT2D eigenvalue weighted by atomic mass is 10.0. The number of azide groups is 1. The van der Waals surface area contributed by atoms with E-state index in [1.807, 2.05) is 30.3 Å². The fourth-order valence-electron chi connectivity index (χ4n) is 1.75. The van der Waals surface area contributed by atoms with Crippen LogP contribution in [-0.4, -0.2) is 6.54 Å². The molecule has 0 aliphatic rings. The van der Waals surface area contributed by atoms with Crippen LogP contribution in [0.2, 0.25) is 0 Å². The Hall–Kier alpha value is -2.69. The Kier molecular flexibility index (Phi) is 4.64. The summed E-state index contributed by atoms with van der Waals surface area (Å²) in [5.74, 6) is 5.76. The van der Waals surface area contributed by atoms with Gasteiger partial charge in [0.05, 0.1) is 6.54 Å². The molecule has 0 bridgehead atoms. The first-order valence-corrected chi connectivity index (χ1v) is 6.01. The minimum atomic E-state index is 0.211. The Bertz CT molecular complexity index is 627. The molecule has 0 fully saturated rings. The highest BCUT2D eigenvalue weighted by Gasteiger charge is 1.95. The van der Waals surface area contributed by atoms with Gasteiger partial charge in [-0.05, 0) is 35.2 Å². The van der Waals surface area contributed by atoms with Crippen LogP contribution in [0, 0.1) is 11.8 Å². The van der Waals surface area contributed by atoms with Gasteiger partial charge in [0.15, 0.2) is 0 Å². The third-order valence-corrected chi connectivity index (χ3v) is 2.65. The normalized spacial score (nSPS) is 9.05. The highest BCUT2D eigenvalue weighted by atomic mass is 15.1. The molecule has 0 saturated heterocycles. The van der Waals surface area contributed by atoms with Crippen molar-refractivity contribution in [3.05, 3.63) is 81.7 Å². The molecule has 2 aromatic carbocycles. The fraction of sp³-hybridized carbons (Fsp3) is 0.125. The average molecular weight is 247 g/mol. The fourth-order valence-corrected chi connectivity index (χ4v) is 1.75. The van der Waals surface area contributed by atoms with E-state index in [1.165, 1.54) is 11.1 Å². The molecule has 3 nitrogen and oxygen atoms in total. The van der Waals surface area contributed by atoms with Crippen molar-refractivity contribution in [1.29, 1.82) is 0 Å². The third-order valence-electron chi connectivity index (χ3n) is 2.65. The Morgan fingerprint density at radius 2 is 1.63 bits per heavy atom. The van der Waals surface area contributed by atoms with Gasteiger partial charge in [0, 0.05) is 10.5 Å². The highest BCUT2D eigenvalue weighted by Crippen LogP contribution is 2.10. The number of rotatable bonds is 3. The van der Waals surface area contributed by atoms with Crippen molar-refractivity contribution in [2.45, 2.75) is 6.42 Å². The second kappa shape index (κ2) is 6.90. The molecule has 3 heteroatoms. The lowest BCUT2D eigenvalue weighted by Crippen LogP contribution is -1.87. The molecule has 0 saturated carbocycles. The van der Waals surface area contributed by atoms with Crippen molar-refractivity contribution in [1.82, 2.24) is 0 Å². The van der Waals surface area contributed by atoms with Crippen LogP contribution in [0.15, 0.2) is 59.7 Å². The van der Waals surface area contributed by atoms with Gasteiger partial charge in [0.2, 0.25) is 0 Å². The zero-order valence-electron chi connectivity index (χ0n) is 10.5. The van der Waals surface area contributed by atoms with Crippen LogP contribution in [-0.2, 0) is 6.42 Å². The summed E-state index contributed by atoms with van der Waals surface area (Å²) in [4.78, 5) is 2.65.